The third kappa shape index (κ3) is 2.52. The van der Waals surface area contributed by atoms with Crippen LogP contribution in [0.1, 0.15) is 21.6 Å². The molecule has 0 bridgehead atoms. The predicted octanol–water partition coefficient (Wildman–Crippen LogP) is 3.35. The van der Waals surface area contributed by atoms with Gasteiger partial charge in [-0.2, -0.15) is 13.2 Å². The molecule has 0 spiro atoms. The van der Waals surface area contributed by atoms with Crippen molar-refractivity contribution in [3.8, 4) is 0 Å². The van der Waals surface area contributed by atoms with Crippen molar-refractivity contribution in [3.05, 3.63) is 41.1 Å². The molecular weight excluding hydrogens is 259 g/mol. The molecule has 19 heavy (non-hydrogen) atoms. The van der Waals surface area contributed by atoms with Crippen LogP contribution < -0.4 is 0 Å². The van der Waals surface area contributed by atoms with Gasteiger partial charge in [-0.3, -0.25) is 0 Å². The number of aryl methyl sites for hydroxylation is 1. The van der Waals surface area contributed by atoms with E-state index in [0.717, 1.165) is 12.7 Å². The lowest BCUT2D eigenvalue weighted by molar-refractivity contribution is -0.141. The van der Waals surface area contributed by atoms with Crippen LogP contribution >= 0.6 is 0 Å². The van der Waals surface area contributed by atoms with E-state index >= 15 is 0 Å². The van der Waals surface area contributed by atoms with Crippen LogP contribution in [0.2, 0.25) is 0 Å². The molecule has 0 atom stereocenters. The maximum absolute atomic E-state index is 12.7. The number of pyridine rings is 1. The molecule has 1 aromatic carbocycles. The zero-order chi connectivity index (χ0) is 14.2. The first kappa shape index (κ1) is 13.3. The van der Waals surface area contributed by atoms with Crippen molar-refractivity contribution in [2.75, 3.05) is 7.11 Å². The Bertz CT molecular complexity index is 650. The fourth-order valence-corrected chi connectivity index (χ4v) is 1.76. The van der Waals surface area contributed by atoms with Crippen LogP contribution in [-0.4, -0.2) is 18.1 Å². The number of esters is 1. The summed E-state index contributed by atoms with van der Waals surface area (Å²) in [6, 6.07) is 5.41. The lowest BCUT2D eigenvalue weighted by Crippen LogP contribution is -2.12. The molecular formula is C13H10F3NO2. The SMILES string of the molecule is COC(=O)c1cc(C(F)(F)F)nc2ccc(C)cc12. The van der Waals surface area contributed by atoms with E-state index < -0.39 is 17.8 Å². The standard InChI is InChI=1S/C13H10F3NO2/c1-7-3-4-10-8(5-7)9(12(18)19-2)6-11(17-10)13(14,15)16/h3-6H,1-2H3. The molecule has 2 aromatic rings. The molecule has 1 heterocycles. The maximum atomic E-state index is 12.7. The van der Waals surface area contributed by atoms with E-state index in [1.54, 1.807) is 19.1 Å². The largest absolute Gasteiger partial charge is 0.465 e. The van der Waals surface area contributed by atoms with Gasteiger partial charge in [0.2, 0.25) is 0 Å². The highest BCUT2D eigenvalue weighted by Gasteiger charge is 2.34. The summed E-state index contributed by atoms with van der Waals surface area (Å²) in [6.07, 6.45) is -4.61. The fourth-order valence-electron chi connectivity index (χ4n) is 1.76. The number of hydrogen-bond acceptors (Lipinski definition) is 3. The van der Waals surface area contributed by atoms with Gasteiger partial charge in [-0.1, -0.05) is 11.6 Å². The van der Waals surface area contributed by atoms with Crippen molar-refractivity contribution >= 4 is 16.9 Å². The van der Waals surface area contributed by atoms with Crippen molar-refractivity contribution in [2.24, 2.45) is 0 Å². The summed E-state index contributed by atoms with van der Waals surface area (Å²) in [4.78, 5) is 15.1. The molecule has 0 N–H and O–H groups in total. The molecule has 0 fully saturated rings. The Kier molecular flexibility index (Phi) is 3.18. The number of aromatic nitrogens is 1. The Morgan fingerprint density at radius 2 is 1.95 bits per heavy atom. The second-order valence-electron chi connectivity index (χ2n) is 4.07. The number of carbonyl (C=O) groups is 1. The first-order valence-electron chi connectivity index (χ1n) is 5.40. The molecule has 0 aliphatic carbocycles. The lowest BCUT2D eigenvalue weighted by atomic mass is 10.1. The molecule has 0 unspecified atom stereocenters. The highest BCUT2D eigenvalue weighted by molar-refractivity contribution is 6.03. The van der Waals surface area contributed by atoms with Crippen molar-refractivity contribution in [2.45, 2.75) is 13.1 Å². The third-order valence-corrected chi connectivity index (χ3v) is 2.66. The number of nitrogens with zero attached hydrogens (tertiary/aromatic N) is 1. The van der Waals surface area contributed by atoms with Crippen LogP contribution in [0.25, 0.3) is 10.9 Å². The number of fused-ring (bicyclic) bond motifs is 1. The maximum Gasteiger partial charge on any atom is 0.433 e. The van der Waals surface area contributed by atoms with Crippen molar-refractivity contribution < 1.29 is 22.7 Å². The van der Waals surface area contributed by atoms with Gasteiger partial charge in [0.05, 0.1) is 18.2 Å². The van der Waals surface area contributed by atoms with E-state index in [1.165, 1.54) is 6.07 Å². The van der Waals surface area contributed by atoms with Crippen LogP contribution in [0, 0.1) is 6.92 Å². The summed E-state index contributed by atoms with van der Waals surface area (Å²) in [7, 11) is 1.12. The number of rotatable bonds is 1. The Morgan fingerprint density at radius 3 is 2.53 bits per heavy atom. The van der Waals surface area contributed by atoms with Crippen molar-refractivity contribution in [3.63, 3.8) is 0 Å². The molecule has 100 valence electrons. The lowest BCUT2D eigenvalue weighted by Gasteiger charge is -2.11. The number of carbonyl (C=O) groups excluding carboxylic acids is 1. The number of methoxy groups -OCH3 is 1. The highest BCUT2D eigenvalue weighted by atomic mass is 19.4. The van der Waals surface area contributed by atoms with Gasteiger partial charge >= 0.3 is 12.1 Å². The van der Waals surface area contributed by atoms with E-state index in [-0.39, 0.29) is 11.1 Å². The minimum atomic E-state index is -4.61. The number of ether oxygens (including phenoxy) is 1. The van der Waals surface area contributed by atoms with Gasteiger partial charge in [0.1, 0.15) is 5.69 Å². The predicted molar refractivity (Wildman–Crippen MR) is 62.8 cm³/mol. The monoisotopic (exact) mass is 269 g/mol. The Morgan fingerprint density at radius 1 is 1.26 bits per heavy atom. The summed E-state index contributed by atoms with van der Waals surface area (Å²) < 4.78 is 42.7. The van der Waals surface area contributed by atoms with Crippen LogP contribution in [-0.2, 0) is 10.9 Å². The average Bonchev–Trinajstić information content (AvgIpc) is 2.35. The van der Waals surface area contributed by atoms with Crippen molar-refractivity contribution in [1.82, 2.24) is 4.98 Å². The number of hydrogen-bond donors (Lipinski definition) is 0. The van der Waals surface area contributed by atoms with Gasteiger partial charge in [0.25, 0.3) is 0 Å². The smallest absolute Gasteiger partial charge is 0.433 e. The van der Waals surface area contributed by atoms with Gasteiger partial charge < -0.3 is 4.74 Å². The molecule has 0 aliphatic heterocycles. The fraction of sp³-hybridized carbons (Fsp3) is 0.231. The third-order valence-electron chi connectivity index (χ3n) is 2.66. The molecule has 1 aromatic heterocycles. The topological polar surface area (TPSA) is 39.2 Å². The summed E-state index contributed by atoms with van der Waals surface area (Å²) in [6.45, 7) is 1.78. The number of benzene rings is 1. The second-order valence-corrected chi connectivity index (χ2v) is 4.07. The Hall–Kier alpha value is -2.11. The normalized spacial score (nSPS) is 11.6. The molecule has 0 saturated heterocycles. The van der Waals surface area contributed by atoms with Gasteiger partial charge in [-0.15, -0.1) is 0 Å². The van der Waals surface area contributed by atoms with E-state index in [1.807, 2.05) is 0 Å². The van der Waals surface area contributed by atoms with Crippen LogP contribution in [0.15, 0.2) is 24.3 Å². The van der Waals surface area contributed by atoms with Gasteiger partial charge in [-0.05, 0) is 25.1 Å². The van der Waals surface area contributed by atoms with E-state index in [2.05, 4.69) is 9.72 Å². The number of alkyl halides is 3. The zero-order valence-corrected chi connectivity index (χ0v) is 10.2. The molecule has 0 radical (unpaired) electrons. The minimum Gasteiger partial charge on any atom is -0.465 e. The minimum absolute atomic E-state index is 0.112. The summed E-state index contributed by atoms with van der Waals surface area (Å²) >= 11 is 0. The Labute approximate surface area is 107 Å². The molecule has 0 aliphatic rings. The quantitative estimate of drug-likeness (QED) is 0.745. The van der Waals surface area contributed by atoms with Crippen LogP contribution in [0.4, 0.5) is 13.2 Å². The summed E-state index contributed by atoms with van der Waals surface area (Å²) in [5.74, 6) is -0.816. The summed E-state index contributed by atoms with van der Waals surface area (Å²) in [5, 5.41) is 0.347. The highest BCUT2D eigenvalue weighted by Crippen LogP contribution is 2.31. The average molecular weight is 269 g/mol. The first-order chi connectivity index (χ1) is 8.82. The van der Waals surface area contributed by atoms with Gasteiger partial charge in [0, 0.05) is 5.39 Å². The van der Waals surface area contributed by atoms with Gasteiger partial charge in [0.15, 0.2) is 0 Å². The first-order valence-corrected chi connectivity index (χ1v) is 5.40. The number of halogens is 3. The molecule has 6 heteroatoms. The van der Waals surface area contributed by atoms with E-state index in [0.29, 0.717) is 11.5 Å². The Balaban J connectivity index is 2.80. The van der Waals surface area contributed by atoms with Crippen molar-refractivity contribution in [1.29, 1.82) is 0 Å². The van der Waals surface area contributed by atoms with E-state index in [4.69, 9.17) is 0 Å². The molecule has 0 saturated carbocycles. The summed E-state index contributed by atoms with van der Waals surface area (Å²) in [5.41, 5.74) is -0.312. The van der Waals surface area contributed by atoms with Crippen LogP contribution in [0.5, 0.6) is 0 Å². The molecule has 3 nitrogen and oxygen atoms in total. The van der Waals surface area contributed by atoms with Gasteiger partial charge in [-0.25, -0.2) is 9.78 Å². The van der Waals surface area contributed by atoms with E-state index in [9.17, 15) is 18.0 Å². The molecule has 2 rings (SSSR count). The zero-order valence-electron chi connectivity index (χ0n) is 10.2. The second kappa shape index (κ2) is 4.53. The van der Waals surface area contributed by atoms with Crippen LogP contribution in [0.3, 0.4) is 0 Å². The molecule has 0 amide bonds.